The summed E-state index contributed by atoms with van der Waals surface area (Å²) in [4.78, 5) is 24.7. The molecule has 0 saturated carbocycles. The third-order valence-corrected chi connectivity index (χ3v) is 4.99. The Hall–Kier alpha value is -3.39. The SMILES string of the molecule is NC(=O)c1cc(-c2ccc(F)cc2)c2sc(COc3cncnc3)cc2n1. The van der Waals surface area contributed by atoms with E-state index in [9.17, 15) is 9.18 Å². The number of carbonyl (C=O) groups excluding carboxylic acids is 1. The lowest BCUT2D eigenvalue weighted by Crippen LogP contribution is -2.13. The van der Waals surface area contributed by atoms with E-state index in [4.69, 9.17) is 10.5 Å². The molecule has 4 aromatic rings. The summed E-state index contributed by atoms with van der Waals surface area (Å²) in [6.45, 7) is 0.309. The number of primary amides is 1. The van der Waals surface area contributed by atoms with Crippen molar-refractivity contribution in [2.75, 3.05) is 0 Å². The maximum Gasteiger partial charge on any atom is 0.267 e. The molecular formula is C19H13FN4O2S. The molecule has 3 heterocycles. The standard InChI is InChI=1S/C19H13FN4O2S/c20-12-3-1-11(2-4-12)15-6-17(19(21)25)24-16-5-14(27-18(15)16)9-26-13-7-22-10-23-8-13/h1-8,10H,9H2,(H2,21,25). The molecule has 4 rings (SSSR count). The number of ether oxygens (including phenoxy) is 1. The highest BCUT2D eigenvalue weighted by atomic mass is 32.1. The van der Waals surface area contributed by atoms with Crippen molar-refractivity contribution in [3.8, 4) is 16.9 Å². The van der Waals surface area contributed by atoms with Gasteiger partial charge in [0.05, 0.1) is 22.6 Å². The van der Waals surface area contributed by atoms with Crippen LogP contribution in [0.1, 0.15) is 15.4 Å². The number of hydrogen-bond acceptors (Lipinski definition) is 6. The van der Waals surface area contributed by atoms with E-state index < -0.39 is 5.91 Å². The molecule has 0 aliphatic carbocycles. The fourth-order valence-corrected chi connectivity index (χ4v) is 3.67. The van der Waals surface area contributed by atoms with Crippen molar-refractivity contribution in [1.29, 1.82) is 0 Å². The monoisotopic (exact) mass is 380 g/mol. The van der Waals surface area contributed by atoms with Crippen LogP contribution in [0.3, 0.4) is 0 Å². The number of thiophene rings is 1. The molecular weight excluding hydrogens is 367 g/mol. The van der Waals surface area contributed by atoms with Crippen LogP contribution in [0.4, 0.5) is 4.39 Å². The summed E-state index contributed by atoms with van der Waals surface area (Å²) in [5, 5.41) is 0. The van der Waals surface area contributed by atoms with Crippen molar-refractivity contribution < 1.29 is 13.9 Å². The Bertz CT molecular complexity index is 1110. The van der Waals surface area contributed by atoms with Crippen molar-refractivity contribution >= 4 is 27.5 Å². The first-order valence-electron chi connectivity index (χ1n) is 7.97. The molecule has 0 bridgehead atoms. The van der Waals surface area contributed by atoms with Gasteiger partial charge in [-0.2, -0.15) is 0 Å². The number of nitrogens with zero attached hydrogens (tertiary/aromatic N) is 3. The Morgan fingerprint density at radius 2 is 1.89 bits per heavy atom. The van der Waals surface area contributed by atoms with E-state index in [1.165, 1.54) is 29.8 Å². The molecule has 0 aliphatic rings. The van der Waals surface area contributed by atoms with Gasteiger partial charge in [-0.1, -0.05) is 12.1 Å². The van der Waals surface area contributed by atoms with E-state index in [-0.39, 0.29) is 11.5 Å². The first-order chi connectivity index (χ1) is 13.1. The third-order valence-electron chi connectivity index (χ3n) is 3.86. The summed E-state index contributed by atoms with van der Waals surface area (Å²) in [5.41, 5.74) is 7.76. The van der Waals surface area contributed by atoms with Crippen LogP contribution >= 0.6 is 11.3 Å². The highest BCUT2D eigenvalue weighted by Gasteiger charge is 2.15. The quantitative estimate of drug-likeness (QED) is 0.571. The number of amides is 1. The van der Waals surface area contributed by atoms with Gasteiger partial charge in [0.25, 0.3) is 5.91 Å². The minimum absolute atomic E-state index is 0.156. The Labute approximate surface area is 157 Å². The smallest absolute Gasteiger partial charge is 0.267 e. The van der Waals surface area contributed by atoms with Crippen LogP contribution in [-0.2, 0) is 6.61 Å². The highest BCUT2D eigenvalue weighted by molar-refractivity contribution is 7.19. The van der Waals surface area contributed by atoms with E-state index >= 15 is 0 Å². The number of fused-ring (bicyclic) bond motifs is 1. The van der Waals surface area contributed by atoms with E-state index in [0.29, 0.717) is 17.9 Å². The molecule has 0 fully saturated rings. The van der Waals surface area contributed by atoms with Gasteiger partial charge in [0.15, 0.2) is 5.75 Å². The lowest BCUT2D eigenvalue weighted by molar-refractivity contribution is 0.0996. The molecule has 1 aromatic carbocycles. The van der Waals surface area contributed by atoms with Gasteiger partial charge in [0, 0.05) is 10.4 Å². The van der Waals surface area contributed by atoms with Crippen LogP contribution in [0.2, 0.25) is 0 Å². The molecule has 0 atom stereocenters. The first-order valence-corrected chi connectivity index (χ1v) is 8.79. The molecule has 8 heteroatoms. The van der Waals surface area contributed by atoms with Crippen LogP contribution in [0.5, 0.6) is 5.75 Å². The van der Waals surface area contributed by atoms with Crippen molar-refractivity contribution in [3.05, 3.63) is 71.5 Å². The van der Waals surface area contributed by atoms with Crippen LogP contribution in [0, 0.1) is 5.82 Å². The fourth-order valence-electron chi connectivity index (χ4n) is 2.63. The number of carbonyl (C=O) groups is 1. The van der Waals surface area contributed by atoms with Gasteiger partial charge in [-0.05, 0) is 29.8 Å². The predicted octanol–water partition coefficient (Wildman–Crippen LogP) is 3.57. The molecule has 134 valence electrons. The second kappa shape index (κ2) is 7.08. The van der Waals surface area contributed by atoms with E-state index in [2.05, 4.69) is 15.0 Å². The van der Waals surface area contributed by atoms with Gasteiger partial charge in [-0.15, -0.1) is 11.3 Å². The third kappa shape index (κ3) is 3.61. The molecule has 1 amide bonds. The Balaban J connectivity index is 1.75. The van der Waals surface area contributed by atoms with E-state index in [0.717, 1.165) is 20.7 Å². The number of pyridine rings is 1. The van der Waals surface area contributed by atoms with Gasteiger partial charge in [0.2, 0.25) is 0 Å². The van der Waals surface area contributed by atoms with Crippen LogP contribution in [-0.4, -0.2) is 20.9 Å². The molecule has 0 unspecified atom stereocenters. The van der Waals surface area contributed by atoms with E-state index in [1.807, 2.05) is 6.07 Å². The number of aromatic nitrogens is 3. The maximum atomic E-state index is 13.3. The highest BCUT2D eigenvalue weighted by Crippen LogP contribution is 2.35. The zero-order valence-corrected chi connectivity index (χ0v) is 14.7. The summed E-state index contributed by atoms with van der Waals surface area (Å²) in [6, 6.07) is 9.54. The second-order valence-corrected chi connectivity index (χ2v) is 6.85. The van der Waals surface area contributed by atoms with Gasteiger partial charge in [-0.3, -0.25) is 4.79 Å². The topological polar surface area (TPSA) is 91.0 Å². The van der Waals surface area contributed by atoms with Crippen LogP contribution < -0.4 is 10.5 Å². The minimum atomic E-state index is -0.620. The number of halogens is 1. The number of nitrogens with two attached hydrogens (primary N) is 1. The molecule has 2 N–H and O–H groups in total. The summed E-state index contributed by atoms with van der Waals surface area (Å²) in [6.07, 6.45) is 4.58. The van der Waals surface area contributed by atoms with Crippen molar-refractivity contribution in [2.45, 2.75) is 6.61 Å². The largest absolute Gasteiger partial charge is 0.485 e. The number of hydrogen-bond donors (Lipinski definition) is 1. The van der Waals surface area contributed by atoms with Gasteiger partial charge >= 0.3 is 0 Å². The number of benzene rings is 1. The maximum absolute atomic E-state index is 13.3. The molecule has 0 saturated heterocycles. The van der Waals surface area contributed by atoms with Crippen molar-refractivity contribution in [2.24, 2.45) is 5.73 Å². The lowest BCUT2D eigenvalue weighted by Gasteiger charge is -2.05. The molecule has 0 aliphatic heterocycles. The molecule has 0 spiro atoms. The minimum Gasteiger partial charge on any atom is -0.485 e. The Morgan fingerprint density at radius 1 is 1.15 bits per heavy atom. The first kappa shape index (κ1) is 17.0. The molecule has 27 heavy (non-hydrogen) atoms. The van der Waals surface area contributed by atoms with Crippen molar-refractivity contribution in [3.63, 3.8) is 0 Å². The molecule has 6 nitrogen and oxygen atoms in total. The van der Waals surface area contributed by atoms with Gasteiger partial charge < -0.3 is 10.5 Å². The summed E-state index contributed by atoms with van der Waals surface area (Å²) in [7, 11) is 0. The average Bonchev–Trinajstić information content (AvgIpc) is 3.10. The second-order valence-electron chi connectivity index (χ2n) is 5.72. The predicted molar refractivity (Wildman–Crippen MR) is 99.9 cm³/mol. The summed E-state index contributed by atoms with van der Waals surface area (Å²) >= 11 is 1.49. The molecule has 3 aromatic heterocycles. The Morgan fingerprint density at radius 3 is 2.59 bits per heavy atom. The number of rotatable bonds is 5. The summed E-state index contributed by atoms with van der Waals surface area (Å²) < 4.78 is 19.8. The summed E-state index contributed by atoms with van der Waals surface area (Å²) in [5.74, 6) is -0.394. The zero-order valence-electron chi connectivity index (χ0n) is 13.9. The van der Waals surface area contributed by atoms with Crippen LogP contribution in [0.15, 0.2) is 55.1 Å². The van der Waals surface area contributed by atoms with Gasteiger partial charge in [0.1, 0.15) is 24.4 Å². The zero-order chi connectivity index (χ0) is 18.8. The van der Waals surface area contributed by atoms with Crippen LogP contribution in [0.25, 0.3) is 21.3 Å². The fraction of sp³-hybridized carbons (Fsp3) is 0.0526. The van der Waals surface area contributed by atoms with Crippen molar-refractivity contribution in [1.82, 2.24) is 15.0 Å². The van der Waals surface area contributed by atoms with Gasteiger partial charge in [-0.25, -0.2) is 19.3 Å². The average molecular weight is 380 g/mol. The Kier molecular flexibility index (Phi) is 4.47. The normalized spacial score (nSPS) is 10.9. The lowest BCUT2D eigenvalue weighted by atomic mass is 10.0. The van der Waals surface area contributed by atoms with E-state index in [1.54, 1.807) is 30.6 Å². The molecule has 0 radical (unpaired) electrons.